The molecule has 0 bridgehead atoms. The molecule has 0 radical (unpaired) electrons. The van der Waals surface area contributed by atoms with Crippen LogP contribution in [0.1, 0.15) is 30.0 Å². The van der Waals surface area contributed by atoms with E-state index in [9.17, 15) is 13.2 Å². The minimum absolute atomic E-state index is 0.113. The molecule has 0 aromatic heterocycles. The topological polar surface area (TPSA) is 66.5 Å². The summed E-state index contributed by atoms with van der Waals surface area (Å²) in [6, 6.07) is 12.4. The zero-order valence-corrected chi connectivity index (χ0v) is 17.1. The van der Waals surface area contributed by atoms with Gasteiger partial charge in [-0.05, 0) is 48.6 Å². The maximum atomic E-state index is 12.6. The maximum Gasteiger partial charge on any atom is 0.241 e. The van der Waals surface area contributed by atoms with Crippen molar-refractivity contribution in [3.63, 3.8) is 0 Å². The number of hydrogen-bond donors (Lipinski definition) is 1. The Balaban J connectivity index is 1.79. The van der Waals surface area contributed by atoms with Crippen LogP contribution in [-0.2, 0) is 21.2 Å². The van der Waals surface area contributed by atoms with Crippen molar-refractivity contribution in [3.8, 4) is 0 Å². The van der Waals surface area contributed by atoms with Crippen LogP contribution in [0.4, 0.5) is 5.69 Å². The Labute approximate surface area is 169 Å². The second-order valence-corrected chi connectivity index (χ2v) is 9.30. The van der Waals surface area contributed by atoms with Crippen molar-refractivity contribution in [3.05, 3.63) is 63.6 Å². The summed E-state index contributed by atoms with van der Waals surface area (Å²) in [6.07, 6.45) is 3.85. The van der Waals surface area contributed by atoms with E-state index >= 15 is 0 Å². The first-order valence-electron chi connectivity index (χ1n) is 8.55. The van der Waals surface area contributed by atoms with Crippen molar-refractivity contribution in [2.75, 3.05) is 17.1 Å². The highest BCUT2D eigenvalue weighted by Crippen LogP contribution is 2.30. The van der Waals surface area contributed by atoms with Crippen molar-refractivity contribution in [2.24, 2.45) is 0 Å². The lowest BCUT2D eigenvalue weighted by Gasteiger charge is -2.28. The summed E-state index contributed by atoms with van der Waals surface area (Å²) >= 11 is 11.9. The molecule has 0 spiro atoms. The van der Waals surface area contributed by atoms with E-state index in [4.69, 9.17) is 23.2 Å². The molecule has 1 aliphatic rings. The first-order chi connectivity index (χ1) is 12.8. The second-order valence-electron chi connectivity index (χ2n) is 6.58. The van der Waals surface area contributed by atoms with E-state index in [2.05, 4.69) is 11.4 Å². The van der Waals surface area contributed by atoms with Crippen LogP contribution in [0.3, 0.4) is 0 Å². The van der Waals surface area contributed by atoms with Crippen molar-refractivity contribution >= 4 is 44.8 Å². The highest BCUT2D eigenvalue weighted by atomic mass is 35.5. The number of hydrogen-bond acceptors (Lipinski definition) is 3. The molecular weight excluding hydrogens is 407 g/mol. The number of benzene rings is 2. The number of anilines is 1. The number of amides is 1. The van der Waals surface area contributed by atoms with E-state index < -0.39 is 10.0 Å². The molecule has 0 fully saturated rings. The fourth-order valence-corrected chi connectivity index (χ4v) is 4.46. The third-order valence-corrected chi connectivity index (χ3v) is 6.46. The molecule has 3 rings (SSSR count). The third-order valence-electron chi connectivity index (χ3n) is 4.58. The Kier molecular flexibility index (Phi) is 5.99. The Morgan fingerprint density at radius 3 is 2.63 bits per heavy atom. The van der Waals surface area contributed by atoms with Gasteiger partial charge in [0, 0.05) is 0 Å². The van der Waals surface area contributed by atoms with Gasteiger partial charge in [0.25, 0.3) is 0 Å². The fourth-order valence-electron chi connectivity index (χ4n) is 3.31. The van der Waals surface area contributed by atoms with Crippen LogP contribution in [-0.4, -0.2) is 27.1 Å². The summed E-state index contributed by atoms with van der Waals surface area (Å²) in [5.74, 6) is -0.367. The van der Waals surface area contributed by atoms with E-state index in [1.165, 1.54) is 23.8 Å². The number of carbonyl (C=O) groups excluding carboxylic acids is 1. The number of rotatable bonds is 5. The molecule has 1 N–H and O–H groups in total. The number of nitrogens with one attached hydrogen (secondary N) is 1. The maximum absolute atomic E-state index is 12.6. The average molecular weight is 427 g/mol. The van der Waals surface area contributed by atoms with E-state index in [0.29, 0.717) is 10.7 Å². The molecule has 1 amide bonds. The molecule has 0 heterocycles. The van der Waals surface area contributed by atoms with Crippen LogP contribution >= 0.6 is 23.2 Å². The lowest BCUT2D eigenvalue weighted by molar-refractivity contribution is -0.120. The predicted octanol–water partition coefficient (Wildman–Crippen LogP) is 3.95. The van der Waals surface area contributed by atoms with E-state index in [-0.39, 0.29) is 23.5 Å². The smallest absolute Gasteiger partial charge is 0.241 e. The van der Waals surface area contributed by atoms with Crippen molar-refractivity contribution in [1.29, 1.82) is 0 Å². The van der Waals surface area contributed by atoms with Crippen molar-refractivity contribution < 1.29 is 13.2 Å². The Bertz CT molecular complexity index is 963. The zero-order valence-electron chi connectivity index (χ0n) is 14.8. The summed E-state index contributed by atoms with van der Waals surface area (Å²) in [4.78, 5) is 12.6. The third kappa shape index (κ3) is 4.75. The minimum Gasteiger partial charge on any atom is -0.348 e. The van der Waals surface area contributed by atoms with Gasteiger partial charge in [-0.1, -0.05) is 47.5 Å². The normalized spacial score (nSPS) is 16.5. The molecular formula is C19H20Cl2N2O3S. The van der Waals surface area contributed by atoms with Gasteiger partial charge in [0.05, 0.1) is 28.0 Å². The standard InChI is InChI=1S/C19H20Cl2N2O3S/c1-27(25,26)23(14-9-10-16(20)17(21)11-14)12-19(24)22-18-8-4-6-13-5-2-3-7-15(13)18/h2-3,5,7,9-11,18H,4,6,8,12H2,1H3,(H,22,24)/t18-/m0/s1. The lowest BCUT2D eigenvalue weighted by Crippen LogP contribution is -2.42. The summed E-state index contributed by atoms with van der Waals surface area (Å²) in [6.45, 7) is -0.324. The minimum atomic E-state index is -3.67. The lowest BCUT2D eigenvalue weighted by atomic mass is 9.88. The second kappa shape index (κ2) is 8.09. The van der Waals surface area contributed by atoms with E-state index in [1.807, 2.05) is 18.2 Å². The zero-order chi connectivity index (χ0) is 19.6. The number of halogens is 2. The van der Waals surface area contributed by atoms with Gasteiger partial charge in [-0.25, -0.2) is 8.42 Å². The molecule has 2 aromatic carbocycles. The number of carbonyl (C=O) groups is 1. The van der Waals surface area contributed by atoms with Gasteiger partial charge < -0.3 is 5.32 Å². The molecule has 0 aliphatic heterocycles. The van der Waals surface area contributed by atoms with Crippen LogP contribution < -0.4 is 9.62 Å². The highest BCUT2D eigenvalue weighted by molar-refractivity contribution is 7.92. The number of fused-ring (bicyclic) bond motifs is 1. The first kappa shape index (κ1) is 20.0. The summed E-state index contributed by atoms with van der Waals surface area (Å²) in [5.41, 5.74) is 2.61. The van der Waals surface area contributed by atoms with Crippen LogP contribution in [0.15, 0.2) is 42.5 Å². The highest BCUT2D eigenvalue weighted by Gasteiger charge is 2.25. The van der Waals surface area contributed by atoms with Gasteiger partial charge in [-0.15, -0.1) is 0 Å². The molecule has 0 saturated carbocycles. The van der Waals surface area contributed by atoms with Crippen molar-refractivity contribution in [1.82, 2.24) is 5.32 Å². The summed E-state index contributed by atoms with van der Waals surface area (Å²) in [7, 11) is -3.67. The summed E-state index contributed by atoms with van der Waals surface area (Å²) < 4.78 is 25.5. The van der Waals surface area contributed by atoms with Gasteiger partial charge in [0.15, 0.2) is 0 Å². The average Bonchev–Trinajstić information content (AvgIpc) is 2.61. The SMILES string of the molecule is CS(=O)(=O)N(CC(=O)N[C@H]1CCCc2ccccc21)c1ccc(Cl)c(Cl)c1. The van der Waals surface area contributed by atoms with Gasteiger partial charge in [-0.2, -0.15) is 0 Å². The van der Waals surface area contributed by atoms with Crippen LogP contribution in [0.25, 0.3) is 0 Å². The Hall–Kier alpha value is -1.76. The van der Waals surface area contributed by atoms with Crippen LogP contribution in [0, 0.1) is 0 Å². The molecule has 1 atom stereocenters. The quantitative estimate of drug-likeness (QED) is 0.786. The summed E-state index contributed by atoms with van der Waals surface area (Å²) in [5, 5.41) is 3.51. The van der Waals surface area contributed by atoms with Crippen LogP contribution in [0.2, 0.25) is 10.0 Å². The van der Waals surface area contributed by atoms with Crippen LogP contribution in [0.5, 0.6) is 0 Å². The molecule has 144 valence electrons. The molecule has 5 nitrogen and oxygen atoms in total. The first-order valence-corrected chi connectivity index (χ1v) is 11.2. The van der Waals surface area contributed by atoms with Gasteiger partial charge in [-0.3, -0.25) is 9.10 Å². The Morgan fingerprint density at radius 1 is 1.19 bits per heavy atom. The largest absolute Gasteiger partial charge is 0.348 e. The number of aryl methyl sites for hydroxylation is 1. The van der Waals surface area contributed by atoms with E-state index in [0.717, 1.165) is 35.4 Å². The Morgan fingerprint density at radius 2 is 1.93 bits per heavy atom. The molecule has 0 unspecified atom stereocenters. The van der Waals surface area contributed by atoms with Crippen molar-refractivity contribution in [2.45, 2.75) is 25.3 Å². The molecule has 2 aromatic rings. The number of sulfonamides is 1. The molecule has 8 heteroatoms. The molecule has 1 aliphatic carbocycles. The van der Waals surface area contributed by atoms with E-state index in [1.54, 1.807) is 0 Å². The molecule has 27 heavy (non-hydrogen) atoms. The van der Waals surface area contributed by atoms with Gasteiger partial charge >= 0.3 is 0 Å². The predicted molar refractivity (Wildman–Crippen MR) is 109 cm³/mol. The van der Waals surface area contributed by atoms with Gasteiger partial charge in [0.2, 0.25) is 15.9 Å². The fraction of sp³-hybridized carbons (Fsp3) is 0.316. The van der Waals surface area contributed by atoms with Gasteiger partial charge in [0.1, 0.15) is 6.54 Å². The monoisotopic (exact) mass is 426 g/mol. The number of nitrogens with zero attached hydrogens (tertiary/aromatic N) is 1. The molecule has 0 saturated heterocycles.